The van der Waals surface area contributed by atoms with Gasteiger partial charge in [-0.05, 0) is 62.4 Å². The minimum atomic E-state index is -0.0213. The standard InChI is InChI=1S/C19H18O2/c1-9-7-6-8-14-15(9)19(21)17-13(5)11(3)10(2)12(4)16(17)18(14)20/h6-8H,1-5H3. The van der Waals surface area contributed by atoms with Crippen molar-refractivity contribution in [3.63, 3.8) is 0 Å². The van der Waals surface area contributed by atoms with Gasteiger partial charge < -0.3 is 0 Å². The highest BCUT2D eigenvalue weighted by molar-refractivity contribution is 6.30. The zero-order chi connectivity index (χ0) is 15.5. The summed E-state index contributed by atoms with van der Waals surface area (Å²) in [5.41, 5.74) is 7.23. The summed E-state index contributed by atoms with van der Waals surface area (Å²) in [5.74, 6) is -0.0339. The van der Waals surface area contributed by atoms with E-state index in [2.05, 4.69) is 0 Å². The van der Waals surface area contributed by atoms with Gasteiger partial charge in [-0.3, -0.25) is 9.59 Å². The molecule has 0 atom stereocenters. The van der Waals surface area contributed by atoms with Gasteiger partial charge >= 0.3 is 0 Å². The van der Waals surface area contributed by atoms with E-state index in [4.69, 9.17) is 0 Å². The quantitative estimate of drug-likeness (QED) is 0.622. The second-order valence-corrected chi connectivity index (χ2v) is 5.91. The molecule has 0 unspecified atom stereocenters. The average Bonchev–Trinajstić information content (AvgIpc) is 2.46. The molecule has 0 spiro atoms. The lowest BCUT2D eigenvalue weighted by molar-refractivity contribution is 0.0977. The van der Waals surface area contributed by atoms with Crippen molar-refractivity contribution in [2.45, 2.75) is 34.6 Å². The van der Waals surface area contributed by atoms with Gasteiger partial charge in [-0.2, -0.15) is 0 Å². The monoisotopic (exact) mass is 278 g/mol. The summed E-state index contributed by atoms with van der Waals surface area (Å²) >= 11 is 0. The highest BCUT2D eigenvalue weighted by Crippen LogP contribution is 2.35. The lowest BCUT2D eigenvalue weighted by Gasteiger charge is -2.25. The van der Waals surface area contributed by atoms with Crippen LogP contribution < -0.4 is 0 Å². The molecular weight excluding hydrogens is 260 g/mol. The topological polar surface area (TPSA) is 34.1 Å². The Morgan fingerprint density at radius 1 is 0.619 bits per heavy atom. The van der Waals surface area contributed by atoms with Crippen LogP contribution in [0.4, 0.5) is 0 Å². The lowest BCUT2D eigenvalue weighted by Crippen LogP contribution is -2.25. The van der Waals surface area contributed by atoms with Crippen molar-refractivity contribution in [1.82, 2.24) is 0 Å². The van der Waals surface area contributed by atoms with E-state index in [-0.39, 0.29) is 11.6 Å². The van der Waals surface area contributed by atoms with Crippen LogP contribution >= 0.6 is 0 Å². The second kappa shape index (κ2) is 4.39. The number of rotatable bonds is 0. The van der Waals surface area contributed by atoms with Crippen LogP contribution in [0.2, 0.25) is 0 Å². The van der Waals surface area contributed by atoms with Crippen LogP contribution in [0.15, 0.2) is 18.2 Å². The van der Waals surface area contributed by atoms with E-state index in [1.54, 1.807) is 6.07 Å². The van der Waals surface area contributed by atoms with Crippen molar-refractivity contribution in [3.8, 4) is 0 Å². The van der Waals surface area contributed by atoms with Crippen molar-refractivity contribution in [2.75, 3.05) is 0 Å². The third-order valence-electron chi connectivity index (χ3n) is 4.89. The summed E-state index contributed by atoms with van der Waals surface area (Å²) in [7, 11) is 0. The molecule has 3 rings (SSSR count). The summed E-state index contributed by atoms with van der Waals surface area (Å²) in [4.78, 5) is 25.8. The van der Waals surface area contributed by atoms with Crippen LogP contribution in [0, 0.1) is 34.6 Å². The van der Waals surface area contributed by atoms with E-state index >= 15 is 0 Å². The second-order valence-electron chi connectivity index (χ2n) is 5.91. The fraction of sp³-hybridized carbons (Fsp3) is 0.263. The Bertz CT molecular complexity index is 826. The van der Waals surface area contributed by atoms with Gasteiger partial charge in [0.25, 0.3) is 0 Å². The molecular formula is C19H18O2. The van der Waals surface area contributed by atoms with E-state index < -0.39 is 0 Å². The molecule has 2 nitrogen and oxygen atoms in total. The predicted octanol–water partition coefficient (Wildman–Crippen LogP) is 4.00. The van der Waals surface area contributed by atoms with Gasteiger partial charge in [0.2, 0.25) is 0 Å². The first-order valence-electron chi connectivity index (χ1n) is 7.15. The van der Waals surface area contributed by atoms with Crippen molar-refractivity contribution in [1.29, 1.82) is 0 Å². The van der Waals surface area contributed by atoms with E-state index in [0.29, 0.717) is 22.3 Å². The number of hydrogen-bond donors (Lipinski definition) is 0. The smallest absolute Gasteiger partial charge is 0.195 e. The first kappa shape index (κ1) is 13.7. The Balaban J connectivity index is 2.47. The van der Waals surface area contributed by atoms with Gasteiger partial charge in [-0.25, -0.2) is 0 Å². The highest BCUT2D eigenvalue weighted by atomic mass is 16.1. The van der Waals surface area contributed by atoms with Crippen molar-refractivity contribution < 1.29 is 9.59 Å². The van der Waals surface area contributed by atoms with Gasteiger partial charge in [0.05, 0.1) is 0 Å². The van der Waals surface area contributed by atoms with E-state index in [9.17, 15) is 9.59 Å². The van der Waals surface area contributed by atoms with Gasteiger partial charge in [-0.1, -0.05) is 18.2 Å². The molecule has 0 aromatic heterocycles. The maximum absolute atomic E-state index is 13.0. The fourth-order valence-electron chi connectivity index (χ4n) is 3.30. The van der Waals surface area contributed by atoms with Crippen LogP contribution in [-0.4, -0.2) is 11.6 Å². The lowest BCUT2D eigenvalue weighted by atomic mass is 9.76. The Hall–Kier alpha value is -2.22. The van der Waals surface area contributed by atoms with Gasteiger partial charge in [-0.15, -0.1) is 0 Å². The number of ketones is 2. The average molecular weight is 278 g/mol. The maximum atomic E-state index is 13.0. The summed E-state index contributed by atoms with van der Waals surface area (Å²) in [6.45, 7) is 9.80. The summed E-state index contributed by atoms with van der Waals surface area (Å²) in [6, 6.07) is 5.49. The zero-order valence-electron chi connectivity index (χ0n) is 13.0. The Morgan fingerprint density at radius 2 is 1.14 bits per heavy atom. The third kappa shape index (κ3) is 1.65. The number of hydrogen-bond acceptors (Lipinski definition) is 2. The molecule has 106 valence electrons. The largest absolute Gasteiger partial charge is 0.289 e. The molecule has 0 N–H and O–H groups in total. The molecule has 0 amide bonds. The molecule has 0 fully saturated rings. The molecule has 0 saturated heterocycles. The first-order valence-corrected chi connectivity index (χ1v) is 7.15. The van der Waals surface area contributed by atoms with Crippen LogP contribution in [0.1, 0.15) is 59.7 Å². The number of aryl methyl sites for hydroxylation is 1. The van der Waals surface area contributed by atoms with Crippen LogP contribution in [0.25, 0.3) is 0 Å². The van der Waals surface area contributed by atoms with Crippen molar-refractivity contribution in [2.24, 2.45) is 0 Å². The van der Waals surface area contributed by atoms with Gasteiger partial charge in [0.1, 0.15) is 0 Å². The van der Waals surface area contributed by atoms with E-state index in [1.165, 1.54) is 0 Å². The number of carbonyl (C=O) groups is 2. The Kier molecular flexibility index (Phi) is 2.87. The molecule has 2 heteroatoms. The number of benzene rings is 2. The van der Waals surface area contributed by atoms with Crippen LogP contribution in [-0.2, 0) is 0 Å². The highest BCUT2D eigenvalue weighted by Gasteiger charge is 2.34. The summed E-state index contributed by atoms with van der Waals surface area (Å²) in [6.07, 6.45) is 0. The van der Waals surface area contributed by atoms with E-state index in [1.807, 2.05) is 46.8 Å². The SMILES string of the molecule is Cc1cccc2c1C(=O)c1c(C)c(C)c(C)c(C)c1C2=O. The molecule has 1 aliphatic carbocycles. The molecule has 21 heavy (non-hydrogen) atoms. The molecule has 1 aliphatic rings. The normalized spacial score (nSPS) is 13.2. The minimum Gasteiger partial charge on any atom is -0.289 e. The molecule has 0 heterocycles. The van der Waals surface area contributed by atoms with Crippen molar-refractivity contribution >= 4 is 11.6 Å². The number of fused-ring (bicyclic) bond motifs is 2. The summed E-state index contributed by atoms with van der Waals surface area (Å²) in [5, 5.41) is 0. The Morgan fingerprint density at radius 3 is 1.71 bits per heavy atom. The van der Waals surface area contributed by atoms with Gasteiger partial charge in [0, 0.05) is 22.3 Å². The van der Waals surface area contributed by atoms with Gasteiger partial charge in [0.15, 0.2) is 11.6 Å². The minimum absolute atomic E-state index is 0.0126. The van der Waals surface area contributed by atoms with Crippen molar-refractivity contribution in [3.05, 3.63) is 68.3 Å². The molecule has 2 aromatic rings. The molecule has 0 saturated carbocycles. The van der Waals surface area contributed by atoms with Crippen LogP contribution in [0.5, 0.6) is 0 Å². The van der Waals surface area contributed by atoms with Crippen LogP contribution in [0.3, 0.4) is 0 Å². The first-order chi connectivity index (χ1) is 9.86. The maximum Gasteiger partial charge on any atom is 0.195 e. The fourth-order valence-corrected chi connectivity index (χ4v) is 3.30. The zero-order valence-corrected chi connectivity index (χ0v) is 13.0. The molecule has 0 bridgehead atoms. The molecule has 0 aliphatic heterocycles. The number of carbonyl (C=O) groups excluding carboxylic acids is 2. The third-order valence-corrected chi connectivity index (χ3v) is 4.89. The summed E-state index contributed by atoms with van der Waals surface area (Å²) < 4.78 is 0. The predicted molar refractivity (Wildman–Crippen MR) is 83.4 cm³/mol. The molecule has 2 aromatic carbocycles. The Labute approximate surface area is 124 Å². The van der Waals surface area contributed by atoms with E-state index in [0.717, 1.165) is 27.8 Å². The molecule has 0 radical (unpaired) electrons.